The van der Waals surface area contributed by atoms with E-state index >= 15 is 0 Å². The number of hydrogen-bond donors (Lipinski definition) is 0. The Bertz CT molecular complexity index is 642. The fraction of sp³-hybridized carbons (Fsp3) is 0.412. The topological polar surface area (TPSA) is 34.9 Å². The lowest BCUT2D eigenvalue weighted by Gasteiger charge is -2.25. The lowest BCUT2D eigenvalue weighted by Crippen LogP contribution is -2.17. The van der Waals surface area contributed by atoms with Crippen LogP contribution in [0.2, 0.25) is 0 Å². The fourth-order valence-electron chi connectivity index (χ4n) is 3.31. The van der Waals surface area contributed by atoms with Crippen LogP contribution in [0.1, 0.15) is 51.6 Å². The number of carbonyl (C=O) groups excluding carboxylic acids is 1. The first-order chi connectivity index (χ1) is 9.70. The lowest BCUT2D eigenvalue weighted by atomic mass is 9.83. The van der Waals surface area contributed by atoms with Gasteiger partial charge in [-0.25, -0.2) is 0 Å². The molecule has 0 saturated carbocycles. The van der Waals surface area contributed by atoms with Crippen LogP contribution in [-0.2, 0) is 13.0 Å². The monoisotopic (exact) mass is 268 g/mol. The molecule has 3 nitrogen and oxygen atoms in total. The van der Waals surface area contributed by atoms with Gasteiger partial charge in [0.25, 0.3) is 0 Å². The molecule has 0 aliphatic heterocycles. The maximum atomic E-state index is 11.1. The lowest BCUT2D eigenvalue weighted by molar-refractivity contribution is 0.112. The number of aromatic nitrogens is 2. The number of hydrogen-bond acceptors (Lipinski definition) is 2. The Morgan fingerprint density at radius 2 is 2.15 bits per heavy atom. The van der Waals surface area contributed by atoms with Crippen molar-refractivity contribution in [3.63, 3.8) is 0 Å². The minimum Gasteiger partial charge on any atom is -0.298 e. The summed E-state index contributed by atoms with van der Waals surface area (Å²) in [6.45, 7) is 4.76. The second-order valence-corrected chi connectivity index (χ2v) is 5.67. The molecule has 1 aliphatic carbocycles. The molecule has 0 fully saturated rings. The third-order valence-electron chi connectivity index (χ3n) is 4.44. The van der Waals surface area contributed by atoms with Crippen molar-refractivity contribution in [2.45, 2.75) is 45.6 Å². The van der Waals surface area contributed by atoms with Crippen molar-refractivity contribution in [2.75, 3.05) is 0 Å². The van der Waals surface area contributed by atoms with Gasteiger partial charge in [-0.15, -0.1) is 0 Å². The third kappa shape index (κ3) is 2.17. The van der Waals surface area contributed by atoms with Gasteiger partial charge in [0.1, 0.15) is 0 Å². The van der Waals surface area contributed by atoms with Crippen LogP contribution in [0.5, 0.6) is 0 Å². The average molecular weight is 268 g/mol. The van der Waals surface area contributed by atoms with Crippen LogP contribution in [0, 0.1) is 13.8 Å². The van der Waals surface area contributed by atoms with Crippen LogP contribution in [0.15, 0.2) is 24.3 Å². The van der Waals surface area contributed by atoms with Gasteiger partial charge in [0.15, 0.2) is 6.29 Å². The summed E-state index contributed by atoms with van der Waals surface area (Å²) >= 11 is 0. The summed E-state index contributed by atoms with van der Waals surface area (Å²) in [6.07, 6.45) is 4.54. The Labute approximate surface area is 119 Å². The fourth-order valence-corrected chi connectivity index (χ4v) is 3.31. The molecule has 0 bridgehead atoms. The first-order valence-corrected chi connectivity index (χ1v) is 7.27. The van der Waals surface area contributed by atoms with Crippen molar-refractivity contribution in [3.8, 4) is 0 Å². The summed E-state index contributed by atoms with van der Waals surface area (Å²) in [5.41, 5.74) is 5.50. The molecule has 104 valence electrons. The number of benzene rings is 1. The van der Waals surface area contributed by atoms with Gasteiger partial charge in [-0.3, -0.25) is 9.48 Å². The standard InChI is InChI=1S/C17H20N2O/c1-12-17(11-20)13(2)19(18-12)10-15-8-5-7-14-6-3-4-9-16(14)15/h3-4,6,9,11,15H,5,7-8,10H2,1-2H3. The molecular formula is C17H20N2O. The molecule has 1 heterocycles. The minimum atomic E-state index is 0.512. The molecular weight excluding hydrogens is 248 g/mol. The summed E-state index contributed by atoms with van der Waals surface area (Å²) in [4.78, 5) is 11.1. The average Bonchev–Trinajstić information content (AvgIpc) is 2.73. The zero-order valence-electron chi connectivity index (χ0n) is 12.1. The normalized spacial score (nSPS) is 17.8. The zero-order chi connectivity index (χ0) is 14.1. The van der Waals surface area contributed by atoms with E-state index in [0.717, 1.165) is 29.8 Å². The van der Waals surface area contributed by atoms with Crippen molar-refractivity contribution in [3.05, 3.63) is 52.3 Å². The van der Waals surface area contributed by atoms with E-state index in [4.69, 9.17) is 0 Å². The van der Waals surface area contributed by atoms with Crippen molar-refractivity contribution in [2.24, 2.45) is 0 Å². The van der Waals surface area contributed by atoms with Crippen molar-refractivity contribution in [1.29, 1.82) is 0 Å². The smallest absolute Gasteiger partial charge is 0.153 e. The summed E-state index contributed by atoms with van der Waals surface area (Å²) in [5.74, 6) is 0.512. The predicted molar refractivity (Wildman–Crippen MR) is 79.2 cm³/mol. The number of nitrogens with zero attached hydrogens (tertiary/aromatic N) is 2. The van der Waals surface area contributed by atoms with Crippen LogP contribution in [-0.4, -0.2) is 16.1 Å². The molecule has 3 heteroatoms. The van der Waals surface area contributed by atoms with Gasteiger partial charge < -0.3 is 0 Å². The first-order valence-electron chi connectivity index (χ1n) is 7.27. The zero-order valence-corrected chi connectivity index (χ0v) is 12.1. The van der Waals surface area contributed by atoms with Crippen LogP contribution >= 0.6 is 0 Å². The van der Waals surface area contributed by atoms with E-state index in [-0.39, 0.29) is 0 Å². The second-order valence-electron chi connectivity index (χ2n) is 5.67. The highest BCUT2D eigenvalue weighted by Gasteiger charge is 2.22. The number of aryl methyl sites for hydroxylation is 2. The van der Waals surface area contributed by atoms with E-state index in [1.54, 1.807) is 0 Å². The molecule has 0 N–H and O–H groups in total. The Hall–Kier alpha value is -1.90. The molecule has 1 unspecified atom stereocenters. The molecule has 20 heavy (non-hydrogen) atoms. The molecule has 1 aliphatic rings. The third-order valence-corrected chi connectivity index (χ3v) is 4.44. The molecule has 2 aromatic rings. The molecule has 3 rings (SSSR count). The Kier molecular flexibility index (Phi) is 3.43. The summed E-state index contributed by atoms with van der Waals surface area (Å²) < 4.78 is 2.01. The summed E-state index contributed by atoms with van der Waals surface area (Å²) in [7, 11) is 0. The molecule has 0 saturated heterocycles. The molecule has 1 aromatic carbocycles. The van der Waals surface area contributed by atoms with Gasteiger partial charge in [-0.05, 0) is 44.2 Å². The van der Waals surface area contributed by atoms with E-state index in [9.17, 15) is 4.79 Å². The van der Waals surface area contributed by atoms with Gasteiger partial charge in [-0.2, -0.15) is 5.10 Å². The van der Waals surface area contributed by atoms with E-state index < -0.39 is 0 Å². The van der Waals surface area contributed by atoms with Crippen LogP contribution in [0.25, 0.3) is 0 Å². The molecule has 0 spiro atoms. The maximum absolute atomic E-state index is 11.1. The molecule has 0 radical (unpaired) electrons. The van der Waals surface area contributed by atoms with Crippen molar-refractivity contribution >= 4 is 6.29 Å². The largest absolute Gasteiger partial charge is 0.298 e. The highest BCUT2D eigenvalue weighted by molar-refractivity contribution is 5.78. The van der Waals surface area contributed by atoms with Gasteiger partial charge in [0.05, 0.1) is 11.3 Å². The van der Waals surface area contributed by atoms with E-state index in [0.29, 0.717) is 5.92 Å². The molecule has 1 atom stereocenters. The summed E-state index contributed by atoms with van der Waals surface area (Å²) in [6, 6.07) is 8.72. The van der Waals surface area contributed by atoms with Crippen molar-refractivity contribution < 1.29 is 4.79 Å². The van der Waals surface area contributed by atoms with Crippen molar-refractivity contribution in [1.82, 2.24) is 9.78 Å². The van der Waals surface area contributed by atoms with Crippen LogP contribution in [0.3, 0.4) is 0 Å². The summed E-state index contributed by atoms with van der Waals surface area (Å²) in [5, 5.41) is 4.53. The first kappa shape index (κ1) is 13.1. The number of fused-ring (bicyclic) bond motifs is 1. The Morgan fingerprint density at radius 1 is 1.35 bits per heavy atom. The highest BCUT2D eigenvalue weighted by Crippen LogP contribution is 2.33. The minimum absolute atomic E-state index is 0.512. The molecule has 0 amide bonds. The second kappa shape index (κ2) is 5.23. The van der Waals surface area contributed by atoms with Gasteiger partial charge >= 0.3 is 0 Å². The molecule has 1 aromatic heterocycles. The van der Waals surface area contributed by atoms with Gasteiger partial charge in [0, 0.05) is 18.2 Å². The van der Waals surface area contributed by atoms with E-state index in [1.165, 1.54) is 30.4 Å². The highest BCUT2D eigenvalue weighted by atomic mass is 16.1. The van der Waals surface area contributed by atoms with E-state index in [2.05, 4.69) is 29.4 Å². The number of rotatable bonds is 3. The van der Waals surface area contributed by atoms with Crippen LogP contribution < -0.4 is 0 Å². The van der Waals surface area contributed by atoms with Gasteiger partial charge in [0.2, 0.25) is 0 Å². The Morgan fingerprint density at radius 3 is 2.90 bits per heavy atom. The maximum Gasteiger partial charge on any atom is 0.153 e. The number of aldehydes is 1. The quantitative estimate of drug-likeness (QED) is 0.799. The van der Waals surface area contributed by atoms with Crippen LogP contribution in [0.4, 0.5) is 0 Å². The Balaban J connectivity index is 1.91. The van der Waals surface area contributed by atoms with Gasteiger partial charge in [-0.1, -0.05) is 24.3 Å². The SMILES string of the molecule is Cc1nn(CC2CCCc3ccccc32)c(C)c1C=O. The predicted octanol–water partition coefficient (Wildman–Crippen LogP) is 3.43. The van der Waals surface area contributed by atoms with E-state index in [1.807, 2.05) is 18.5 Å². The number of carbonyl (C=O) groups is 1.